The molecule has 0 radical (unpaired) electrons. The van der Waals surface area contributed by atoms with Gasteiger partial charge in [0.05, 0.1) is 5.52 Å². The minimum atomic E-state index is -0.459. The van der Waals surface area contributed by atoms with Crippen molar-refractivity contribution in [1.29, 1.82) is 0 Å². The molecule has 3 rings (SSSR count). The van der Waals surface area contributed by atoms with E-state index in [1.807, 2.05) is 32.9 Å². The van der Waals surface area contributed by atoms with Crippen LogP contribution < -0.4 is 0 Å². The van der Waals surface area contributed by atoms with Crippen LogP contribution in [0.3, 0.4) is 0 Å². The molecule has 2 heterocycles. The third-order valence-electron chi connectivity index (χ3n) is 4.27. The largest absolute Gasteiger partial charge is 0.444 e. The van der Waals surface area contributed by atoms with E-state index in [4.69, 9.17) is 9.72 Å². The molecule has 0 saturated heterocycles. The van der Waals surface area contributed by atoms with Crippen molar-refractivity contribution in [2.45, 2.75) is 46.1 Å². The molecule has 2 aromatic rings. The molecule has 0 bridgehead atoms. The summed E-state index contributed by atoms with van der Waals surface area (Å²) in [6.07, 6.45) is 1.38. The molecule has 0 saturated carbocycles. The predicted molar refractivity (Wildman–Crippen MR) is 98.9 cm³/mol. The van der Waals surface area contributed by atoms with Crippen LogP contribution in [-0.4, -0.2) is 34.7 Å². The maximum absolute atomic E-state index is 12.3. The normalized spacial score (nSPS) is 14.6. The highest BCUT2D eigenvalue weighted by atomic mass is 35.5. The fourth-order valence-electron chi connectivity index (χ4n) is 3.13. The number of rotatable bonds is 0. The van der Waals surface area contributed by atoms with Gasteiger partial charge in [-0.3, -0.25) is 4.98 Å². The van der Waals surface area contributed by atoms with Gasteiger partial charge in [-0.15, -0.1) is 12.4 Å². The molecule has 4 nitrogen and oxygen atoms in total. The molecule has 0 spiro atoms. The number of hydrogen-bond donors (Lipinski definition) is 0. The minimum absolute atomic E-state index is 0. The molecular formula is C19H25ClN2O2. The number of hydrogen-bond acceptors (Lipinski definition) is 3. The number of aryl methyl sites for hydroxylation is 1. The summed E-state index contributed by atoms with van der Waals surface area (Å²) < 4.78 is 5.51. The second kappa shape index (κ2) is 6.98. The number of para-hydroxylation sites is 1. The Morgan fingerprint density at radius 1 is 1.17 bits per heavy atom. The van der Waals surface area contributed by atoms with Gasteiger partial charge in [0.25, 0.3) is 0 Å². The fourth-order valence-corrected chi connectivity index (χ4v) is 3.13. The van der Waals surface area contributed by atoms with Gasteiger partial charge in [0.15, 0.2) is 0 Å². The molecule has 1 aliphatic rings. The molecule has 0 fully saturated rings. The van der Waals surface area contributed by atoms with Gasteiger partial charge < -0.3 is 9.64 Å². The lowest BCUT2D eigenvalue weighted by Crippen LogP contribution is -2.38. The van der Waals surface area contributed by atoms with Crippen molar-refractivity contribution in [3.8, 4) is 0 Å². The first-order valence-corrected chi connectivity index (χ1v) is 8.20. The standard InChI is InChI=1S/C19H24N2O2.ClH/c1-13-14-7-5-6-8-16(14)20-17-10-12-21(11-9-15(13)17)18(22)23-19(2,3)4;/h5-8H,9-12H2,1-4H3;1H. The van der Waals surface area contributed by atoms with Crippen molar-refractivity contribution in [3.63, 3.8) is 0 Å². The molecule has 24 heavy (non-hydrogen) atoms. The van der Waals surface area contributed by atoms with Gasteiger partial charge in [0.1, 0.15) is 5.60 Å². The monoisotopic (exact) mass is 348 g/mol. The Morgan fingerprint density at radius 2 is 1.83 bits per heavy atom. The van der Waals surface area contributed by atoms with Gasteiger partial charge in [-0.25, -0.2) is 4.79 Å². The van der Waals surface area contributed by atoms with E-state index < -0.39 is 5.60 Å². The highest BCUT2D eigenvalue weighted by Gasteiger charge is 2.25. The molecule has 0 N–H and O–H groups in total. The first-order valence-electron chi connectivity index (χ1n) is 8.20. The molecular weight excluding hydrogens is 324 g/mol. The Hall–Kier alpha value is -1.81. The third-order valence-corrected chi connectivity index (χ3v) is 4.27. The number of carbonyl (C=O) groups excluding carboxylic acids is 1. The van der Waals surface area contributed by atoms with Crippen LogP contribution in [0.25, 0.3) is 10.9 Å². The predicted octanol–water partition coefficient (Wildman–Crippen LogP) is 4.30. The summed E-state index contributed by atoms with van der Waals surface area (Å²) in [5.74, 6) is 0. The van der Waals surface area contributed by atoms with Gasteiger partial charge >= 0.3 is 6.09 Å². The molecule has 0 unspecified atom stereocenters. The Bertz CT molecular complexity index is 753. The van der Waals surface area contributed by atoms with E-state index in [9.17, 15) is 4.79 Å². The Balaban J connectivity index is 0.00000208. The van der Waals surface area contributed by atoms with Crippen molar-refractivity contribution >= 4 is 29.4 Å². The van der Waals surface area contributed by atoms with Crippen LogP contribution in [-0.2, 0) is 17.6 Å². The van der Waals surface area contributed by atoms with E-state index in [0.717, 1.165) is 24.1 Å². The second-order valence-corrected chi connectivity index (χ2v) is 7.15. The molecule has 1 aromatic carbocycles. The van der Waals surface area contributed by atoms with E-state index in [1.165, 1.54) is 16.5 Å². The van der Waals surface area contributed by atoms with E-state index in [-0.39, 0.29) is 18.5 Å². The second-order valence-electron chi connectivity index (χ2n) is 7.15. The van der Waals surface area contributed by atoms with Gasteiger partial charge in [0, 0.05) is 30.6 Å². The summed E-state index contributed by atoms with van der Waals surface area (Å²) in [6, 6.07) is 8.24. The number of benzene rings is 1. The average molecular weight is 349 g/mol. The van der Waals surface area contributed by atoms with E-state index >= 15 is 0 Å². The SMILES string of the molecule is Cc1c2c(nc3ccccc13)CCN(C(=O)OC(C)(C)C)CC2.Cl. The molecule has 1 aliphatic heterocycles. The van der Waals surface area contributed by atoms with Crippen LogP contribution in [0.1, 0.15) is 37.6 Å². The number of pyridine rings is 1. The van der Waals surface area contributed by atoms with Crippen LogP contribution in [0.5, 0.6) is 0 Å². The number of aromatic nitrogens is 1. The summed E-state index contributed by atoms with van der Waals surface area (Å²) >= 11 is 0. The van der Waals surface area contributed by atoms with Crippen molar-refractivity contribution in [2.75, 3.05) is 13.1 Å². The average Bonchev–Trinajstić information content (AvgIpc) is 2.68. The number of fused-ring (bicyclic) bond motifs is 2. The van der Waals surface area contributed by atoms with Crippen molar-refractivity contribution in [2.24, 2.45) is 0 Å². The lowest BCUT2D eigenvalue weighted by molar-refractivity contribution is 0.0258. The molecule has 0 aliphatic carbocycles. The van der Waals surface area contributed by atoms with Crippen LogP contribution in [0.15, 0.2) is 24.3 Å². The number of nitrogens with zero attached hydrogens (tertiary/aromatic N) is 2. The third kappa shape index (κ3) is 3.81. The summed E-state index contributed by atoms with van der Waals surface area (Å²) in [5, 5.41) is 1.21. The van der Waals surface area contributed by atoms with E-state index in [0.29, 0.717) is 13.1 Å². The smallest absolute Gasteiger partial charge is 0.410 e. The van der Waals surface area contributed by atoms with E-state index in [1.54, 1.807) is 4.90 Å². The zero-order chi connectivity index (χ0) is 16.6. The Labute approximate surface area is 149 Å². The Kier molecular flexibility index (Phi) is 5.38. The lowest BCUT2D eigenvalue weighted by atomic mass is 9.99. The van der Waals surface area contributed by atoms with Crippen molar-refractivity contribution in [1.82, 2.24) is 9.88 Å². The number of ether oxygens (including phenoxy) is 1. The highest BCUT2D eigenvalue weighted by Crippen LogP contribution is 2.26. The molecule has 130 valence electrons. The minimum Gasteiger partial charge on any atom is -0.444 e. The van der Waals surface area contributed by atoms with Gasteiger partial charge in [-0.2, -0.15) is 0 Å². The van der Waals surface area contributed by atoms with Gasteiger partial charge in [-0.05, 0) is 51.3 Å². The first-order chi connectivity index (χ1) is 10.8. The lowest BCUT2D eigenvalue weighted by Gasteiger charge is -2.26. The van der Waals surface area contributed by atoms with Crippen molar-refractivity contribution < 1.29 is 9.53 Å². The first kappa shape index (κ1) is 18.5. The van der Waals surface area contributed by atoms with Gasteiger partial charge in [0.2, 0.25) is 0 Å². The summed E-state index contributed by atoms with van der Waals surface area (Å²) in [6.45, 7) is 9.20. The van der Waals surface area contributed by atoms with Gasteiger partial charge in [-0.1, -0.05) is 18.2 Å². The zero-order valence-electron chi connectivity index (χ0n) is 14.8. The van der Waals surface area contributed by atoms with Crippen LogP contribution in [0.2, 0.25) is 0 Å². The number of halogens is 1. The molecule has 0 atom stereocenters. The molecule has 5 heteroatoms. The zero-order valence-corrected chi connectivity index (χ0v) is 15.6. The maximum atomic E-state index is 12.3. The topological polar surface area (TPSA) is 42.4 Å². The summed E-state index contributed by atoms with van der Waals surface area (Å²) in [4.78, 5) is 18.9. The van der Waals surface area contributed by atoms with Crippen LogP contribution in [0, 0.1) is 6.92 Å². The highest BCUT2D eigenvalue weighted by molar-refractivity contribution is 5.85. The van der Waals surface area contributed by atoms with Crippen molar-refractivity contribution in [3.05, 3.63) is 41.1 Å². The number of amides is 1. The van der Waals surface area contributed by atoms with Crippen LogP contribution >= 0.6 is 12.4 Å². The maximum Gasteiger partial charge on any atom is 0.410 e. The molecule has 1 aromatic heterocycles. The fraction of sp³-hybridized carbons (Fsp3) is 0.474. The van der Waals surface area contributed by atoms with E-state index in [2.05, 4.69) is 19.1 Å². The Morgan fingerprint density at radius 3 is 2.54 bits per heavy atom. The molecule has 1 amide bonds. The van der Waals surface area contributed by atoms with Crippen LogP contribution in [0.4, 0.5) is 4.79 Å². The summed E-state index contributed by atoms with van der Waals surface area (Å²) in [7, 11) is 0. The quantitative estimate of drug-likeness (QED) is 0.712. The summed E-state index contributed by atoms with van der Waals surface area (Å²) in [5.41, 5.74) is 4.27. The number of carbonyl (C=O) groups is 1.